The number of para-hydroxylation sites is 2. The minimum atomic E-state index is -0.807. The van der Waals surface area contributed by atoms with Crippen molar-refractivity contribution in [3.63, 3.8) is 0 Å². The van der Waals surface area contributed by atoms with Gasteiger partial charge in [0.1, 0.15) is 5.54 Å². The van der Waals surface area contributed by atoms with Crippen LogP contribution >= 0.6 is 0 Å². The van der Waals surface area contributed by atoms with Crippen molar-refractivity contribution in [2.75, 3.05) is 19.6 Å². The third-order valence-electron chi connectivity index (χ3n) is 5.99. The zero-order valence-corrected chi connectivity index (χ0v) is 16.9. The van der Waals surface area contributed by atoms with E-state index in [1.54, 1.807) is 11.2 Å². The zero-order chi connectivity index (χ0) is 20.6. The first-order valence-electron chi connectivity index (χ1n) is 10.2. The summed E-state index contributed by atoms with van der Waals surface area (Å²) in [5, 5.41) is 2.47. The number of aryl methyl sites for hydroxylation is 1. The van der Waals surface area contributed by atoms with Gasteiger partial charge in [-0.05, 0) is 30.9 Å². The van der Waals surface area contributed by atoms with E-state index in [2.05, 4.69) is 10.3 Å². The maximum absolute atomic E-state index is 12.7. The number of aromatic nitrogens is 2. The Labute approximate surface area is 169 Å². The number of benzene rings is 1. The van der Waals surface area contributed by atoms with Gasteiger partial charge in [-0.25, -0.2) is 9.78 Å². The number of piperidine rings is 1. The molecule has 8 nitrogen and oxygen atoms in total. The molecule has 1 N–H and O–H groups in total. The molecule has 3 heterocycles. The molecule has 4 amide bonds. The third-order valence-corrected chi connectivity index (χ3v) is 5.99. The number of amides is 4. The van der Waals surface area contributed by atoms with Crippen LogP contribution in [0.1, 0.15) is 33.1 Å². The quantitative estimate of drug-likeness (QED) is 0.782. The molecule has 2 aliphatic heterocycles. The molecule has 0 atom stereocenters. The summed E-state index contributed by atoms with van der Waals surface area (Å²) in [5.41, 5.74) is 1.13. The number of carbonyl (C=O) groups is 3. The summed E-state index contributed by atoms with van der Waals surface area (Å²) in [7, 11) is 0. The van der Waals surface area contributed by atoms with Gasteiger partial charge in [0.25, 0.3) is 5.91 Å². The van der Waals surface area contributed by atoms with Crippen LogP contribution in [-0.2, 0) is 16.1 Å². The van der Waals surface area contributed by atoms with Gasteiger partial charge in [-0.3, -0.25) is 14.9 Å². The van der Waals surface area contributed by atoms with Gasteiger partial charge >= 0.3 is 6.03 Å². The van der Waals surface area contributed by atoms with Crippen LogP contribution in [0.2, 0.25) is 0 Å². The van der Waals surface area contributed by atoms with E-state index in [1.807, 2.05) is 47.6 Å². The molecule has 0 radical (unpaired) electrons. The molecule has 1 aromatic heterocycles. The average molecular weight is 397 g/mol. The molecule has 29 heavy (non-hydrogen) atoms. The standard InChI is InChI=1S/C21H27N5O3/c1-15(2)13-26-20(29)23-19(28)21(26)8-11-24(12-9-21)18(27)7-10-25-14-22-16-5-3-4-6-17(16)25/h3-6,14-15H,7-13H2,1-2H3,(H,23,28,29). The minimum absolute atomic E-state index is 0.0674. The Morgan fingerprint density at radius 2 is 1.93 bits per heavy atom. The van der Waals surface area contributed by atoms with E-state index in [-0.39, 0.29) is 23.8 Å². The molecule has 1 aromatic carbocycles. The second-order valence-corrected chi connectivity index (χ2v) is 8.35. The molecule has 0 aliphatic carbocycles. The van der Waals surface area contributed by atoms with Crippen molar-refractivity contribution in [1.82, 2.24) is 24.7 Å². The van der Waals surface area contributed by atoms with Crippen LogP contribution in [0.3, 0.4) is 0 Å². The normalized spacial score (nSPS) is 18.9. The third kappa shape index (κ3) is 3.47. The average Bonchev–Trinajstić information content (AvgIpc) is 3.21. The van der Waals surface area contributed by atoms with Gasteiger partial charge < -0.3 is 14.4 Å². The second kappa shape index (κ2) is 7.50. The number of rotatable bonds is 5. The minimum Gasteiger partial charge on any atom is -0.342 e. The van der Waals surface area contributed by atoms with Gasteiger partial charge in [0, 0.05) is 32.6 Å². The van der Waals surface area contributed by atoms with Crippen LogP contribution in [0.15, 0.2) is 30.6 Å². The fourth-order valence-corrected chi connectivity index (χ4v) is 4.41. The topological polar surface area (TPSA) is 87.5 Å². The Morgan fingerprint density at radius 1 is 1.21 bits per heavy atom. The Morgan fingerprint density at radius 3 is 2.66 bits per heavy atom. The SMILES string of the molecule is CC(C)CN1C(=O)NC(=O)C12CCN(C(=O)CCn1cnc3ccccc31)CC2. The van der Waals surface area contributed by atoms with E-state index >= 15 is 0 Å². The molecule has 2 fully saturated rings. The predicted octanol–water partition coefficient (Wildman–Crippen LogP) is 2.00. The molecule has 2 aromatic rings. The number of hydrogen-bond acceptors (Lipinski definition) is 4. The Balaban J connectivity index is 1.38. The van der Waals surface area contributed by atoms with Crippen LogP contribution in [-0.4, -0.2) is 62.4 Å². The van der Waals surface area contributed by atoms with Crippen LogP contribution in [0.4, 0.5) is 4.79 Å². The van der Waals surface area contributed by atoms with Gasteiger partial charge in [0.15, 0.2) is 0 Å². The van der Waals surface area contributed by atoms with Crippen LogP contribution < -0.4 is 5.32 Å². The molecule has 0 bridgehead atoms. The lowest BCUT2D eigenvalue weighted by molar-refractivity contribution is -0.138. The lowest BCUT2D eigenvalue weighted by Gasteiger charge is -2.42. The van der Waals surface area contributed by atoms with Crippen LogP contribution in [0.5, 0.6) is 0 Å². The number of hydrogen-bond donors (Lipinski definition) is 1. The monoisotopic (exact) mass is 397 g/mol. The van der Waals surface area contributed by atoms with Crippen molar-refractivity contribution in [1.29, 1.82) is 0 Å². The summed E-state index contributed by atoms with van der Waals surface area (Å²) in [5.74, 6) is 0.117. The lowest BCUT2D eigenvalue weighted by atomic mass is 9.85. The van der Waals surface area contributed by atoms with E-state index in [4.69, 9.17) is 0 Å². The summed E-state index contributed by atoms with van der Waals surface area (Å²) in [6.07, 6.45) is 3.11. The second-order valence-electron chi connectivity index (χ2n) is 8.35. The molecule has 4 rings (SSSR count). The van der Waals surface area contributed by atoms with E-state index in [9.17, 15) is 14.4 Å². The smallest absolute Gasteiger partial charge is 0.325 e. The summed E-state index contributed by atoms with van der Waals surface area (Å²) in [6, 6.07) is 7.55. The Kier molecular flexibility index (Phi) is 5.02. The number of carbonyl (C=O) groups excluding carboxylic acids is 3. The van der Waals surface area contributed by atoms with E-state index in [0.29, 0.717) is 45.4 Å². The number of fused-ring (bicyclic) bond motifs is 1. The molecule has 2 aliphatic rings. The first kappa shape index (κ1) is 19.4. The first-order valence-corrected chi connectivity index (χ1v) is 10.2. The highest BCUT2D eigenvalue weighted by molar-refractivity contribution is 6.07. The maximum Gasteiger partial charge on any atom is 0.325 e. The summed E-state index contributed by atoms with van der Waals surface area (Å²) >= 11 is 0. The molecule has 0 saturated carbocycles. The fourth-order valence-electron chi connectivity index (χ4n) is 4.41. The van der Waals surface area contributed by atoms with Gasteiger partial charge in [-0.2, -0.15) is 0 Å². The number of nitrogens with one attached hydrogen (secondary N) is 1. The highest BCUT2D eigenvalue weighted by Gasteiger charge is 2.54. The van der Waals surface area contributed by atoms with Crippen molar-refractivity contribution in [3.8, 4) is 0 Å². The molecule has 8 heteroatoms. The number of nitrogens with zero attached hydrogens (tertiary/aromatic N) is 4. The Hall–Kier alpha value is -2.90. The molecule has 1 spiro atoms. The van der Waals surface area contributed by atoms with E-state index in [0.717, 1.165) is 11.0 Å². The Bertz CT molecular complexity index is 943. The summed E-state index contributed by atoms with van der Waals surface area (Å²) in [6.45, 7) is 6.14. The lowest BCUT2D eigenvalue weighted by Crippen LogP contribution is -2.58. The zero-order valence-electron chi connectivity index (χ0n) is 16.9. The number of urea groups is 1. The van der Waals surface area contributed by atoms with Crippen molar-refractivity contribution in [2.24, 2.45) is 5.92 Å². The fraction of sp³-hybridized carbons (Fsp3) is 0.524. The van der Waals surface area contributed by atoms with Crippen LogP contribution in [0, 0.1) is 5.92 Å². The maximum atomic E-state index is 12.7. The molecule has 2 saturated heterocycles. The number of imide groups is 1. The summed E-state index contributed by atoms with van der Waals surface area (Å²) < 4.78 is 1.99. The van der Waals surface area contributed by atoms with E-state index in [1.165, 1.54) is 0 Å². The van der Waals surface area contributed by atoms with Crippen molar-refractivity contribution < 1.29 is 14.4 Å². The first-order chi connectivity index (χ1) is 13.9. The van der Waals surface area contributed by atoms with Gasteiger partial charge in [0.05, 0.1) is 17.4 Å². The largest absolute Gasteiger partial charge is 0.342 e. The van der Waals surface area contributed by atoms with E-state index < -0.39 is 5.54 Å². The van der Waals surface area contributed by atoms with Gasteiger partial charge in [0.2, 0.25) is 5.91 Å². The van der Waals surface area contributed by atoms with Gasteiger partial charge in [-0.1, -0.05) is 26.0 Å². The van der Waals surface area contributed by atoms with Gasteiger partial charge in [-0.15, -0.1) is 0 Å². The number of imidazole rings is 1. The highest BCUT2D eigenvalue weighted by Crippen LogP contribution is 2.34. The van der Waals surface area contributed by atoms with Crippen molar-refractivity contribution >= 4 is 28.9 Å². The van der Waals surface area contributed by atoms with Crippen LogP contribution in [0.25, 0.3) is 11.0 Å². The summed E-state index contributed by atoms with van der Waals surface area (Å²) in [4.78, 5) is 45.4. The molecule has 154 valence electrons. The van der Waals surface area contributed by atoms with Crippen molar-refractivity contribution in [2.45, 2.75) is 45.2 Å². The highest BCUT2D eigenvalue weighted by atomic mass is 16.2. The number of likely N-dealkylation sites (tertiary alicyclic amines) is 1. The predicted molar refractivity (Wildman–Crippen MR) is 108 cm³/mol. The molecular weight excluding hydrogens is 370 g/mol. The molecular formula is C21H27N5O3. The molecule has 0 unspecified atom stereocenters. The van der Waals surface area contributed by atoms with Crippen molar-refractivity contribution in [3.05, 3.63) is 30.6 Å².